The second kappa shape index (κ2) is 6.60. The molecule has 2 heterocycles. The van der Waals surface area contributed by atoms with E-state index in [2.05, 4.69) is 0 Å². The fraction of sp³-hybridized carbons (Fsp3) is 0.625. The van der Waals surface area contributed by atoms with Crippen molar-refractivity contribution in [1.29, 1.82) is 0 Å². The van der Waals surface area contributed by atoms with Crippen LogP contribution in [0.25, 0.3) is 0 Å². The van der Waals surface area contributed by atoms with Gasteiger partial charge in [-0.15, -0.1) is 11.3 Å². The average molecular weight is 306 g/mol. The van der Waals surface area contributed by atoms with Gasteiger partial charge in [-0.05, 0) is 24.3 Å². The Hall–Kier alpha value is -1.36. The van der Waals surface area contributed by atoms with Gasteiger partial charge in [0, 0.05) is 32.1 Å². The average Bonchev–Trinajstić information content (AvgIpc) is 3.09. The van der Waals surface area contributed by atoms with Gasteiger partial charge in [0.2, 0.25) is 5.91 Å². The molecule has 2 amide bonds. The molecule has 2 aliphatic rings. The van der Waals surface area contributed by atoms with Crippen molar-refractivity contribution in [3.05, 3.63) is 22.4 Å². The molecule has 0 unspecified atom stereocenters. The van der Waals surface area contributed by atoms with Crippen LogP contribution in [-0.2, 0) is 4.79 Å². The largest absolute Gasteiger partial charge is 0.339 e. The molecular formula is C16H22N2O2S. The molecule has 2 fully saturated rings. The van der Waals surface area contributed by atoms with Gasteiger partial charge in [-0.25, -0.2) is 0 Å². The summed E-state index contributed by atoms with van der Waals surface area (Å²) in [6, 6.07) is 3.77. The molecule has 0 radical (unpaired) electrons. The van der Waals surface area contributed by atoms with E-state index in [0.717, 1.165) is 17.7 Å². The standard InChI is InChI=1S/C16H22N2O2S/c19-15(13-5-2-1-3-6-13)17-8-10-18(11-9-17)16(20)14-7-4-12-21-14/h4,7,12-13H,1-3,5-6,8-11H2. The van der Waals surface area contributed by atoms with Crippen LogP contribution in [0.2, 0.25) is 0 Å². The molecule has 4 nitrogen and oxygen atoms in total. The van der Waals surface area contributed by atoms with Crippen LogP contribution >= 0.6 is 11.3 Å². The highest BCUT2D eigenvalue weighted by Gasteiger charge is 2.30. The fourth-order valence-electron chi connectivity index (χ4n) is 3.29. The van der Waals surface area contributed by atoms with Crippen LogP contribution in [0.15, 0.2) is 17.5 Å². The number of hydrogen-bond donors (Lipinski definition) is 0. The predicted molar refractivity (Wildman–Crippen MR) is 83.4 cm³/mol. The molecule has 1 aliphatic heterocycles. The van der Waals surface area contributed by atoms with Crippen LogP contribution in [0.5, 0.6) is 0 Å². The lowest BCUT2D eigenvalue weighted by molar-refractivity contribution is -0.138. The van der Waals surface area contributed by atoms with Gasteiger partial charge < -0.3 is 9.80 Å². The number of thiophene rings is 1. The molecule has 1 saturated carbocycles. The van der Waals surface area contributed by atoms with Crippen molar-refractivity contribution >= 4 is 23.2 Å². The van der Waals surface area contributed by atoms with E-state index in [1.165, 1.54) is 30.6 Å². The van der Waals surface area contributed by atoms with Crippen LogP contribution in [-0.4, -0.2) is 47.8 Å². The van der Waals surface area contributed by atoms with E-state index in [1.54, 1.807) is 0 Å². The Kier molecular flexibility index (Phi) is 4.58. The first kappa shape index (κ1) is 14.6. The third-order valence-corrected chi connectivity index (χ3v) is 5.42. The summed E-state index contributed by atoms with van der Waals surface area (Å²) in [5.41, 5.74) is 0. The minimum absolute atomic E-state index is 0.106. The highest BCUT2D eigenvalue weighted by atomic mass is 32.1. The number of hydrogen-bond acceptors (Lipinski definition) is 3. The third kappa shape index (κ3) is 3.28. The van der Waals surface area contributed by atoms with Gasteiger partial charge in [-0.2, -0.15) is 0 Å². The molecular weight excluding hydrogens is 284 g/mol. The Morgan fingerprint density at radius 3 is 2.29 bits per heavy atom. The smallest absolute Gasteiger partial charge is 0.264 e. The van der Waals surface area contributed by atoms with Crippen molar-refractivity contribution in [1.82, 2.24) is 9.80 Å². The Labute approximate surface area is 129 Å². The highest BCUT2D eigenvalue weighted by molar-refractivity contribution is 7.12. The quantitative estimate of drug-likeness (QED) is 0.843. The molecule has 1 aromatic rings. The number of amides is 2. The zero-order valence-electron chi connectivity index (χ0n) is 12.3. The van der Waals surface area contributed by atoms with Crippen LogP contribution in [0.3, 0.4) is 0 Å². The molecule has 0 aromatic carbocycles. The Morgan fingerprint density at radius 1 is 1.00 bits per heavy atom. The number of carbonyl (C=O) groups is 2. The SMILES string of the molecule is O=C(c1cccs1)N1CCN(C(=O)C2CCCCC2)CC1. The summed E-state index contributed by atoms with van der Waals surface area (Å²) in [6.45, 7) is 2.70. The number of nitrogens with zero attached hydrogens (tertiary/aromatic N) is 2. The van der Waals surface area contributed by atoms with Gasteiger partial charge in [0.25, 0.3) is 5.91 Å². The van der Waals surface area contributed by atoms with E-state index < -0.39 is 0 Å². The minimum atomic E-state index is 0.106. The predicted octanol–water partition coefficient (Wildman–Crippen LogP) is 2.61. The summed E-state index contributed by atoms with van der Waals surface area (Å²) >= 11 is 1.48. The lowest BCUT2D eigenvalue weighted by atomic mass is 9.88. The molecule has 1 aromatic heterocycles. The number of rotatable bonds is 2. The first-order valence-electron chi connectivity index (χ1n) is 7.87. The molecule has 0 spiro atoms. The summed E-state index contributed by atoms with van der Waals surface area (Å²) < 4.78 is 0. The molecule has 0 N–H and O–H groups in total. The van der Waals surface area contributed by atoms with E-state index >= 15 is 0 Å². The molecule has 3 rings (SSSR count). The van der Waals surface area contributed by atoms with E-state index in [1.807, 2.05) is 27.3 Å². The van der Waals surface area contributed by atoms with Gasteiger partial charge in [-0.3, -0.25) is 9.59 Å². The van der Waals surface area contributed by atoms with E-state index in [0.29, 0.717) is 32.1 Å². The molecule has 0 atom stereocenters. The van der Waals surface area contributed by atoms with Crippen molar-refractivity contribution in [3.63, 3.8) is 0 Å². The number of piperazine rings is 1. The van der Waals surface area contributed by atoms with Gasteiger partial charge in [0.05, 0.1) is 4.88 Å². The Bertz CT molecular complexity index is 486. The first-order valence-corrected chi connectivity index (χ1v) is 8.75. The van der Waals surface area contributed by atoms with Gasteiger partial charge in [0.1, 0.15) is 0 Å². The van der Waals surface area contributed by atoms with E-state index in [9.17, 15) is 9.59 Å². The molecule has 114 valence electrons. The van der Waals surface area contributed by atoms with Crippen LogP contribution in [0.1, 0.15) is 41.8 Å². The van der Waals surface area contributed by atoms with Crippen molar-refractivity contribution in [2.45, 2.75) is 32.1 Å². The first-order chi connectivity index (χ1) is 10.3. The van der Waals surface area contributed by atoms with Crippen molar-refractivity contribution in [3.8, 4) is 0 Å². The minimum Gasteiger partial charge on any atom is -0.339 e. The zero-order chi connectivity index (χ0) is 14.7. The third-order valence-electron chi connectivity index (χ3n) is 4.56. The summed E-state index contributed by atoms with van der Waals surface area (Å²) in [4.78, 5) is 29.4. The van der Waals surface area contributed by atoms with Crippen molar-refractivity contribution in [2.75, 3.05) is 26.2 Å². The Balaban J connectivity index is 1.52. The second-order valence-corrected chi connectivity index (χ2v) is 6.88. The zero-order valence-corrected chi connectivity index (χ0v) is 13.1. The van der Waals surface area contributed by atoms with Crippen LogP contribution < -0.4 is 0 Å². The van der Waals surface area contributed by atoms with Crippen molar-refractivity contribution in [2.24, 2.45) is 5.92 Å². The summed E-state index contributed by atoms with van der Waals surface area (Å²) in [5.74, 6) is 0.658. The molecule has 1 aliphatic carbocycles. The number of carbonyl (C=O) groups excluding carboxylic acids is 2. The summed E-state index contributed by atoms with van der Waals surface area (Å²) in [5, 5.41) is 1.93. The lowest BCUT2D eigenvalue weighted by Gasteiger charge is -2.37. The van der Waals surface area contributed by atoms with E-state index in [-0.39, 0.29) is 11.8 Å². The Morgan fingerprint density at radius 2 is 1.67 bits per heavy atom. The van der Waals surface area contributed by atoms with Crippen LogP contribution in [0, 0.1) is 5.92 Å². The maximum atomic E-state index is 12.5. The van der Waals surface area contributed by atoms with E-state index in [4.69, 9.17) is 0 Å². The maximum Gasteiger partial charge on any atom is 0.264 e. The maximum absolute atomic E-state index is 12.5. The molecule has 0 bridgehead atoms. The van der Waals surface area contributed by atoms with Crippen molar-refractivity contribution < 1.29 is 9.59 Å². The molecule has 21 heavy (non-hydrogen) atoms. The normalized spacial score (nSPS) is 20.6. The van der Waals surface area contributed by atoms with Crippen LogP contribution in [0.4, 0.5) is 0 Å². The monoisotopic (exact) mass is 306 g/mol. The van der Waals surface area contributed by atoms with Gasteiger partial charge in [-0.1, -0.05) is 25.3 Å². The highest BCUT2D eigenvalue weighted by Crippen LogP contribution is 2.26. The summed E-state index contributed by atoms with van der Waals surface area (Å²) in [6.07, 6.45) is 5.74. The topological polar surface area (TPSA) is 40.6 Å². The fourth-order valence-corrected chi connectivity index (χ4v) is 3.98. The molecule has 1 saturated heterocycles. The second-order valence-electron chi connectivity index (χ2n) is 5.93. The van der Waals surface area contributed by atoms with Gasteiger partial charge in [0.15, 0.2) is 0 Å². The van der Waals surface area contributed by atoms with Gasteiger partial charge >= 0.3 is 0 Å². The summed E-state index contributed by atoms with van der Waals surface area (Å²) in [7, 11) is 0. The molecule has 5 heteroatoms. The lowest BCUT2D eigenvalue weighted by Crippen LogP contribution is -2.52.